The molecule has 4 rings (SSSR count). The molecule has 1 aromatic heterocycles. The summed E-state index contributed by atoms with van der Waals surface area (Å²) in [6.45, 7) is 2.97. The van der Waals surface area contributed by atoms with Crippen LogP contribution in [0.15, 0.2) is 54.7 Å². The summed E-state index contributed by atoms with van der Waals surface area (Å²) in [7, 11) is 1.68. The summed E-state index contributed by atoms with van der Waals surface area (Å²) >= 11 is 0. The Labute approximate surface area is 213 Å². The number of aryl methyl sites for hydroxylation is 2. The minimum atomic E-state index is -0.714. The van der Waals surface area contributed by atoms with Crippen molar-refractivity contribution in [2.24, 2.45) is 11.8 Å². The molecule has 0 bridgehead atoms. The number of likely N-dealkylation sites (tertiary alicyclic amines) is 1. The van der Waals surface area contributed by atoms with Crippen molar-refractivity contribution in [1.82, 2.24) is 9.88 Å². The van der Waals surface area contributed by atoms with Gasteiger partial charge in [0.15, 0.2) is 0 Å². The van der Waals surface area contributed by atoms with E-state index in [-0.39, 0.29) is 12.2 Å². The zero-order valence-electron chi connectivity index (χ0n) is 21.2. The van der Waals surface area contributed by atoms with Crippen LogP contribution in [-0.4, -0.2) is 47.7 Å². The van der Waals surface area contributed by atoms with Gasteiger partial charge in [-0.15, -0.1) is 0 Å². The third-order valence-corrected chi connectivity index (χ3v) is 7.59. The van der Waals surface area contributed by atoms with Crippen LogP contribution in [0.25, 0.3) is 10.9 Å². The van der Waals surface area contributed by atoms with Gasteiger partial charge in [-0.3, -0.25) is 9.78 Å². The Balaban J connectivity index is 1.31. The summed E-state index contributed by atoms with van der Waals surface area (Å²) in [5, 5.41) is 10.4. The fourth-order valence-electron chi connectivity index (χ4n) is 5.66. The second-order valence-corrected chi connectivity index (χ2v) is 10.0. The van der Waals surface area contributed by atoms with Crippen LogP contribution in [-0.2, 0) is 17.6 Å². The maximum absolute atomic E-state index is 13.4. The van der Waals surface area contributed by atoms with Crippen molar-refractivity contribution < 1.29 is 19.0 Å². The summed E-state index contributed by atoms with van der Waals surface area (Å²) < 4.78 is 18.9. The molecule has 0 amide bonds. The molecule has 2 aromatic carbocycles. The van der Waals surface area contributed by atoms with Gasteiger partial charge in [-0.1, -0.05) is 12.1 Å². The van der Waals surface area contributed by atoms with E-state index < -0.39 is 5.97 Å². The van der Waals surface area contributed by atoms with Gasteiger partial charge in [0, 0.05) is 24.5 Å². The lowest BCUT2D eigenvalue weighted by molar-refractivity contribution is -0.137. The summed E-state index contributed by atoms with van der Waals surface area (Å²) in [5.74, 6) is 0.898. The molecule has 1 N–H and O–H groups in total. The van der Waals surface area contributed by atoms with Crippen molar-refractivity contribution >= 4 is 16.9 Å². The molecule has 5 nitrogen and oxygen atoms in total. The number of nitrogens with zero attached hydrogens (tertiary/aromatic N) is 2. The lowest BCUT2D eigenvalue weighted by Gasteiger charge is -2.39. The lowest BCUT2D eigenvalue weighted by Crippen LogP contribution is -2.41. The molecule has 0 radical (unpaired) electrons. The van der Waals surface area contributed by atoms with Crippen LogP contribution in [0.1, 0.15) is 49.7 Å². The first-order valence-electron chi connectivity index (χ1n) is 13.1. The number of pyridine rings is 1. The van der Waals surface area contributed by atoms with Crippen LogP contribution in [0, 0.1) is 17.7 Å². The topological polar surface area (TPSA) is 62.7 Å². The Morgan fingerprint density at radius 2 is 2.00 bits per heavy atom. The normalized spacial score (nSPS) is 18.4. The highest BCUT2D eigenvalue weighted by Crippen LogP contribution is 2.32. The first-order valence-corrected chi connectivity index (χ1v) is 13.1. The summed E-state index contributed by atoms with van der Waals surface area (Å²) in [4.78, 5) is 18.3. The monoisotopic (exact) mass is 492 g/mol. The molecule has 1 aliphatic heterocycles. The Kier molecular flexibility index (Phi) is 9.29. The van der Waals surface area contributed by atoms with Crippen molar-refractivity contribution in [2.45, 2.75) is 51.4 Å². The fourth-order valence-corrected chi connectivity index (χ4v) is 5.66. The molecule has 36 heavy (non-hydrogen) atoms. The van der Waals surface area contributed by atoms with Gasteiger partial charge in [-0.2, -0.15) is 0 Å². The van der Waals surface area contributed by atoms with Crippen LogP contribution >= 0.6 is 0 Å². The summed E-state index contributed by atoms with van der Waals surface area (Å²) in [6, 6.07) is 15.0. The molecular formula is C30H37FN2O3. The van der Waals surface area contributed by atoms with Gasteiger partial charge in [0.25, 0.3) is 0 Å². The average Bonchev–Trinajstić information content (AvgIpc) is 2.88. The van der Waals surface area contributed by atoms with Gasteiger partial charge < -0.3 is 14.7 Å². The number of halogens is 1. The number of carboxylic acid groups (broad SMARTS) is 1. The van der Waals surface area contributed by atoms with Gasteiger partial charge in [0.1, 0.15) is 11.6 Å². The summed E-state index contributed by atoms with van der Waals surface area (Å²) in [6.07, 6.45) is 8.95. The molecule has 6 heteroatoms. The van der Waals surface area contributed by atoms with Crippen LogP contribution < -0.4 is 4.74 Å². The highest BCUT2D eigenvalue weighted by atomic mass is 19.1. The number of hydrogen-bond donors (Lipinski definition) is 1. The molecule has 1 saturated heterocycles. The Morgan fingerprint density at radius 1 is 1.11 bits per heavy atom. The van der Waals surface area contributed by atoms with E-state index in [1.54, 1.807) is 19.2 Å². The molecule has 0 aliphatic carbocycles. The van der Waals surface area contributed by atoms with Gasteiger partial charge in [-0.25, -0.2) is 4.39 Å². The van der Waals surface area contributed by atoms with E-state index in [0.717, 1.165) is 86.8 Å². The number of fused-ring (bicyclic) bond motifs is 1. The van der Waals surface area contributed by atoms with E-state index in [4.69, 9.17) is 4.74 Å². The molecule has 3 aromatic rings. The molecule has 192 valence electrons. The first kappa shape index (κ1) is 26.1. The van der Waals surface area contributed by atoms with E-state index in [9.17, 15) is 14.3 Å². The van der Waals surface area contributed by atoms with Crippen molar-refractivity contribution in [3.8, 4) is 5.75 Å². The number of aliphatic carboxylic acids is 1. The average molecular weight is 493 g/mol. The number of aromatic nitrogens is 1. The van der Waals surface area contributed by atoms with E-state index in [2.05, 4.69) is 22.0 Å². The SMILES string of the molecule is COc1ccc2nccc(CCCC3CCN(CCCc4cccc(F)c4)CC3CCC(=O)O)c2c1. The zero-order chi connectivity index (χ0) is 25.3. The first-order chi connectivity index (χ1) is 17.5. The minimum absolute atomic E-state index is 0.180. The van der Waals surface area contributed by atoms with Crippen LogP contribution in [0.5, 0.6) is 5.75 Å². The predicted octanol–water partition coefficient (Wildman–Crippen LogP) is 6.14. The van der Waals surface area contributed by atoms with E-state index in [0.29, 0.717) is 11.8 Å². The molecule has 2 atom stereocenters. The third-order valence-electron chi connectivity index (χ3n) is 7.59. The highest BCUT2D eigenvalue weighted by Gasteiger charge is 2.29. The number of hydrogen-bond acceptors (Lipinski definition) is 4. The summed E-state index contributed by atoms with van der Waals surface area (Å²) in [5.41, 5.74) is 3.31. The number of methoxy groups -OCH3 is 1. The van der Waals surface area contributed by atoms with Crippen LogP contribution in [0.2, 0.25) is 0 Å². The number of carboxylic acids is 1. The number of carbonyl (C=O) groups is 1. The van der Waals surface area contributed by atoms with E-state index in [1.807, 2.05) is 24.4 Å². The molecule has 2 heterocycles. The second kappa shape index (κ2) is 12.8. The van der Waals surface area contributed by atoms with Gasteiger partial charge in [0.05, 0.1) is 12.6 Å². The predicted molar refractivity (Wildman–Crippen MR) is 141 cm³/mol. The Bertz CT molecular complexity index is 1150. The van der Waals surface area contributed by atoms with Crippen LogP contribution in [0.3, 0.4) is 0 Å². The minimum Gasteiger partial charge on any atom is -0.497 e. The lowest BCUT2D eigenvalue weighted by atomic mass is 9.79. The second-order valence-electron chi connectivity index (χ2n) is 10.0. The zero-order valence-corrected chi connectivity index (χ0v) is 21.2. The number of benzene rings is 2. The molecule has 2 unspecified atom stereocenters. The van der Waals surface area contributed by atoms with Crippen molar-refractivity contribution in [1.29, 1.82) is 0 Å². The largest absolute Gasteiger partial charge is 0.497 e. The fraction of sp³-hybridized carbons (Fsp3) is 0.467. The molecular weight excluding hydrogens is 455 g/mol. The smallest absolute Gasteiger partial charge is 0.303 e. The molecule has 0 spiro atoms. The van der Waals surface area contributed by atoms with Crippen molar-refractivity contribution in [3.63, 3.8) is 0 Å². The standard InChI is InChI=1S/C30H37FN2O3/c1-36-27-11-12-29-28(20-27)24(14-16-32-29)8-3-7-23-15-18-33(21-25(23)10-13-30(34)35)17-4-6-22-5-2-9-26(31)19-22/h2,5,9,11-12,14,16,19-20,23,25H,3-4,6-8,10,13,15,17-18,21H2,1H3,(H,34,35). The quantitative estimate of drug-likeness (QED) is 0.329. The van der Waals surface area contributed by atoms with Crippen LogP contribution in [0.4, 0.5) is 4.39 Å². The number of piperidine rings is 1. The Morgan fingerprint density at radius 3 is 2.81 bits per heavy atom. The number of rotatable bonds is 12. The molecule has 0 saturated carbocycles. The van der Waals surface area contributed by atoms with Gasteiger partial charge in [-0.05, 0) is 117 Å². The van der Waals surface area contributed by atoms with E-state index >= 15 is 0 Å². The van der Waals surface area contributed by atoms with Gasteiger partial charge in [0.2, 0.25) is 0 Å². The molecule has 1 fully saturated rings. The van der Waals surface area contributed by atoms with E-state index in [1.165, 1.54) is 11.6 Å². The highest BCUT2D eigenvalue weighted by molar-refractivity contribution is 5.83. The van der Waals surface area contributed by atoms with Gasteiger partial charge >= 0.3 is 5.97 Å². The maximum Gasteiger partial charge on any atom is 0.303 e. The third kappa shape index (κ3) is 7.26. The van der Waals surface area contributed by atoms with Crippen molar-refractivity contribution in [2.75, 3.05) is 26.7 Å². The molecule has 1 aliphatic rings. The Hall–Kier alpha value is -2.99. The van der Waals surface area contributed by atoms with Crippen molar-refractivity contribution in [3.05, 3.63) is 71.7 Å². The maximum atomic E-state index is 13.4. The number of ether oxygens (including phenoxy) is 1.